The van der Waals surface area contributed by atoms with E-state index in [0.717, 1.165) is 4.47 Å². The summed E-state index contributed by atoms with van der Waals surface area (Å²) in [7, 11) is 0. The second-order valence-electron chi connectivity index (χ2n) is 4.81. The fourth-order valence-electron chi connectivity index (χ4n) is 2.41. The lowest BCUT2D eigenvalue weighted by Gasteiger charge is -2.23. The van der Waals surface area contributed by atoms with E-state index >= 15 is 0 Å². The Kier molecular flexibility index (Phi) is 4.65. The van der Waals surface area contributed by atoms with Crippen LogP contribution in [-0.4, -0.2) is 41.1 Å². The van der Waals surface area contributed by atoms with Gasteiger partial charge in [-0.15, -0.1) is 0 Å². The van der Waals surface area contributed by atoms with Gasteiger partial charge in [0.15, 0.2) is 6.61 Å². The minimum absolute atomic E-state index is 0.0763. The van der Waals surface area contributed by atoms with Crippen molar-refractivity contribution in [3.63, 3.8) is 0 Å². The first kappa shape index (κ1) is 14.8. The molecular formula is C14H16BrNO4. The molecule has 6 heteroatoms. The molecule has 1 N–H and O–H groups in total. The van der Waals surface area contributed by atoms with Gasteiger partial charge in [-0.25, -0.2) is 0 Å². The summed E-state index contributed by atoms with van der Waals surface area (Å²) >= 11 is 3.33. The lowest BCUT2D eigenvalue weighted by molar-refractivity contribution is -0.143. The molecule has 0 bridgehead atoms. The Morgan fingerprint density at radius 1 is 1.50 bits per heavy atom. The maximum absolute atomic E-state index is 12.1. The summed E-state index contributed by atoms with van der Waals surface area (Å²) in [5.41, 5.74) is 0. The second-order valence-corrected chi connectivity index (χ2v) is 5.72. The first-order chi connectivity index (χ1) is 9.49. The molecule has 0 radical (unpaired) electrons. The number of benzene rings is 1. The molecule has 0 saturated carbocycles. The predicted octanol–water partition coefficient (Wildman–Crippen LogP) is 2.15. The molecule has 2 unspecified atom stereocenters. The van der Waals surface area contributed by atoms with Gasteiger partial charge in [-0.3, -0.25) is 9.59 Å². The molecule has 2 atom stereocenters. The van der Waals surface area contributed by atoms with Gasteiger partial charge in [-0.05, 0) is 31.5 Å². The van der Waals surface area contributed by atoms with Gasteiger partial charge in [0, 0.05) is 17.1 Å². The summed E-state index contributed by atoms with van der Waals surface area (Å²) in [6.07, 6.45) is 0.499. The number of aliphatic carboxylic acids is 1. The number of likely N-dealkylation sites (tertiary alicyclic amines) is 1. The summed E-state index contributed by atoms with van der Waals surface area (Å²) in [4.78, 5) is 24.7. The number of hydrogen-bond donors (Lipinski definition) is 1. The van der Waals surface area contributed by atoms with Crippen molar-refractivity contribution in [1.29, 1.82) is 0 Å². The number of rotatable bonds is 4. The number of carbonyl (C=O) groups is 2. The molecule has 1 aliphatic rings. The molecule has 20 heavy (non-hydrogen) atoms. The first-order valence-electron chi connectivity index (χ1n) is 6.39. The van der Waals surface area contributed by atoms with Gasteiger partial charge in [0.05, 0.1) is 5.92 Å². The molecule has 1 heterocycles. The van der Waals surface area contributed by atoms with E-state index in [1.54, 1.807) is 24.0 Å². The van der Waals surface area contributed by atoms with Crippen LogP contribution < -0.4 is 4.74 Å². The monoisotopic (exact) mass is 341 g/mol. The van der Waals surface area contributed by atoms with Crippen LogP contribution in [0.1, 0.15) is 13.3 Å². The quantitative estimate of drug-likeness (QED) is 0.911. The number of hydrogen-bond acceptors (Lipinski definition) is 3. The number of ether oxygens (including phenoxy) is 1. The van der Waals surface area contributed by atoms with E-state index in [9.17, 15) is 9.59 Å². The number of nitrogens with zero attached hydrogens (tertiary/aromatic N) is 1. The van der Waals surface area contributed by atoms with Crippen molar-refractivity contribution >= 4 is 27.8 Å². The molecule has 1 saturated heterocycles. The highest BCUT2D eigenvalue weighted by Gasteiger charge is 2.38. The standard InChI is InChI=1S/C14H16BrNO4/c1-9-12(14(18)19)5-6-16(9)13(17)8-20-11-4-2-3-10(15)7-11/h2-4,7,9,12H,5-6,8H2,1H3,(H,18,19). The number of carboxylic acids is 1. The maximum Gasteiger partial charge on any atom is 0.308 e. The summed E-state index contributed by atoms with van der Waals surface area (Å²) in [5.74, 6) is -0.902. The Labute approximate surface area is 125 Å². The Hall–Kier alpha value is -1.56. The average Bonchev–Trinajstić information content (AvgIpc) is 2.78. The molecule has 0 aromatic heterocycles. The van der Waals surface area contributed by atoms with Crippen molar-refractivity contribution in [2.45, 2.75) is 19.4 Å². The van der Waals surface area contributed by atoms with Crippen molar-refractivity contribution in [3.05, 3.63) is 28.7 Å². The Bertz CT molecular complexity index is 520. The molecule has 0 spiro atoms. The van der Waals surface area contributed by atoms with Crippen molar-refractivity contribution in [2.24, 2.45) is 5.92 Å². The normalized spacial score (nSPS) is 21.8. The molecule has 0 aliphatic carbocycles. The van der Waals surface area contributed by atoms with Crippen LogP contribution >= 0.6 is 15.9 Å². The van der Waals surface area contributed by atoms with Crippen LogP contribution in [0.15, 0.2) is 28.7 Å². The SMILES string of the molecule is CC1C(C(=O)O)CCN1C(=O)COc1cccc(Br)c1. The van der Waals surface area contributed by atoms with E-state index in [0.29, 0.717) is 18.7 Å². The maximum atomic E-state index is 12.1. The van der Waals surface area contributed by atoms with Crippen molar-refractivity contribution < 1.29 is 19.4 Å². The lowest BCUT2D eigenvalue weighted by atomic mass is 10.0. The molecule has 1 amide bonds. The summed E-state index contributed by atoms with van der Waals surface area (Å²) in [5, 5.41) is 9.05. The predicted molar refractivity (Wildman–Crippen MR) is 76.6 cm³/mol. The van der Waals surface area contributed by atoms with E-state index in [2.05, 4.69) is 15.9 Å². The molecule has 5 nitrogen and oxygen atoms in total. The Morgan fingerprint density at radius 3 is 2.85 bits per heavy atom. The highest BCUT2D eigenvalue weighted by molar-refractivity contribution is 9.10. The van der Waals surface area contributed by atoms with E-state index < -0.39 is 11.9 Å². The first-order valence-corrected chi connectivity index (χ1v) is 7.19. The highest BCUT2D eigenvalue weighted by atomic mass is 79.9. The minimum atomic E-state index is -0.847. The van der Waals surface area contributed by atoms with E-state index in [1.165, 1.54) is 0 Å². The van der Waals surface area contributed by atoms with Crippen molar-refractivity contribution in [1.82, 2.24) is 4.90 Å². The summed E-state index contributed by atoms with van der Waals surface area (Å²) in [6.45, 7) is 2.16. The van der Waals surface area contributed by atoms with Gasteiger partial charge in [0.25, 0.3) is 5.91 Å². The Morgan fingerprint density at radius 2 is 2.25 bits per heavy atom. The number of carbonyl (C=O) groups excluding carboxylic acids is 1. The molecular weight excluding hydrogens is 326 g/mol. The third-order valence-electron chi connectivity index (χ3n) is 3.55. The third kappa shape index (κ3) is 3.30. The van der Waals surface area contributed by atoms with E-state index in [1.807, 2.05) is 12.1 Å². The molecule has 1 fully saturated rings. The van der Waals surface area contributed by atoms with E-state index in [4.69, 9.17) is 9.84 Å². The zero-order valence-electron chi connectivity index (χ0n) is 11.1. The molecule has 1 aliphatic heterocycles. The highest BCUT2D eigenvalue weighted by Crippen LogP contribution is 2.24. The largest absolute Gasteiger partial charge is 0.484 e. The number of halogens is 1. The van der Waals surface area contributed by atoms with Gasteiger partial charge in [0.1, 0.15) is 5.75 Å². The van der Waals surface area contributed by atoms with Crippen molar-refractivity contribution in [2.75, 3.05) is 13.2 Å². The summed E-state index contributed by atoms with van der Waals surface area (Å²) < 4.78 is 6.31. The minimum Gasteiger partial charge on any atom is -0.484 e. The smallest absolute Gasteiger partial charge is 0.308 e. The molecule has 1 aromatic rings. The van der Waals surface area contributed by atoms with Gasteiger partial charge >= 0.3 is 5.97 Å². The van der Waals surface area contributed by atoms with Gasteiger partial charge in [0.2, 0.25) is 0 Å². The van der Waals surface area contributed by atoms with Gasteiger partial charge < -0.3 is 14.7 Å². The lowest BCUT2D eigenvalue weighted by Crippen LogP contribution is -2.40. The average molecular weight is 342 g/mol. The number of amides is 1. The van der Waals surface area contributed by atoms with Crippen LogP contribution in [0, 0.1) is 5.92 Å². The Balaban J connectivity index is 1.91. The van der Waals surface area contributed by atoms with Crippen LogP contribution in [-0.2, 0) is 9.59 Å². The van der Waals surface area contributed by atoms with Crippen molar-refractivity contribution in [3.8, 4) is 5.75 Å². The second kappa shape index (κ2) is 6.26. The fraction of sp³-hybridized carbons (Fsp3) is 0.429. The van der Waals surface area contributed by atoms with E-state index in [-0.39, 0.29) is 18.6 Å². The molecule has 108 valence electrons. The van der Waals surface area contributed by atoms with Crippen LogP contribution in [0.2, 0.25) is 0 Å². The van der Waals surface area contributed by atoms with Gasteiger partial charge in [-0.2, -0.15) is 0 Å². The number of carboxylic acid groups (broad SMARTS) is 1. The molecule has 1 aromatic carbocycles. The zero-order chi connectivity index (χ0) is 14.7. The third-order valence-corrected chi connectivity index (χ3v) is 4.04. The summed E-state index contributed by atoms with van der Waals surface area (Å²) in [6, 6.07) is 6.95. The van der Waals surface area contributed by atoms with Crippen LogP contribution in [0.25, 0.3) is 0 Å². The fourth-order valence-corrected chi connectivity index (χ4v) is 2.78. The zero-order valence-corrected chi connectivity index (χ0v) is 12.7. The van der Waals surface area contributed by atoms with Crippen LogP contribution in [0.3, 0.4) is 0 Å². The molecule has 2 rings (SSSR count). The van der Waals surface area contributed by atoms with Crippen LogP contribution in [0.4, 0.5) is 0 Å². The van der Waals surface area contributed by atoms with Gasteiger partial charge in [-0.1, -0.05) is 22.0 Å². The topological polar surface area (TPSA) is 66.8 Å². The van der Waals surface area contributed by atoms with Crippen LogP contribution in [0.5, 0.6) is 5.75 Å².